The number of carbonyl (C=O) groups is 4. The second-order valence-corrected chi connectivity index (χ2v) is 13.9. The molecule has 0 spiro atoms. The molecule has 0 saturated heterocycles. The number of alkyl carbamates (subject to hydrolysis) is 1. The number of ether oxygens (including phenoxy) is 2. The molecule has 3 N–H and O–H groups in total. The molecule has 0 aromatic heterocycles. The molecular formula is C35H51N3O7. The molecule has 10 heteroatoms. The van der Waals surface area contributed by atoms with Crippen molar-refractivity contribution in [1.29, 1.82) is 0 Å². The standard InChI is InChI=1S/C35H51N3O7/c1-22(2)19-27(37-33(43)45-35(8,9)10)31(41)38(23(3)4)29(25-17-14-18-26(39)21-25)30(40)36-28(32(42)44-34(5,6)7)20-24-15-12-11-13-16-24/h11-18,21-23,27-29,39H,19-20H2,1-10H3,(H,36,40)(H,37,43). The summed E-state index contributed by atoms with van der Waals surface area (Å²) in [6.07, 6.45) is -0.319. The van der Waals surface area contributed by atoms with E-state index in [4.69, 9.17) is 9.47 Å². The number of phenols is 1. The Hall–Kier alpha value is -4.08. The van der Waals surface area contributed by atoms with Crippen molar-refractivity contribution < 1.29 is 33.8 Å². The normalized spacial score (nSPS) is 13.9. The van der Waals surface area contributed by atoms with Crippen LogP contribution >= 0.6 is 0 Å². The molecule has 45 heavy (non-hydrogen) atoms. The molecule has 2 aromatic carbocycles. The molecule has 0 bridgehead atoms. The Morgan fingerprint density at radius 3 is 1.91 bits per heavy atom. The van der Waals surface area contributed by atoms with Crippen molar-refractivity contribution >= 4 is 23.9 Å². The van der Waals surface area contributed by atoms with Crippen molar-refractivity contribution in [3.63, 3.8) is 0 Å². The highest BCUT2D eigenvalue weighted by Crippen LogP contribution is 2.29. The lowest BCUT2D eigenvalue weighted by molar-refractivity contribution is -0.159. The van der Waals surface area contributed by atoms with E-state index in [-0.39, 0.29) is 24.5 Å². The van der Waals surface area contributed by atoms with Gasteiger partial charge in [-0.25, -0.2) is 9.59 Å². The number of nitrogens with one attached hydrogen (secondary N) is 2. The van der Waals surface area contributed by atoms with Gasteiger partial charge in [-0.3, -0.25) is 9.59 Å². The Kier molecular flexibility index (Phi) is 13.0. The summed E-state index contributed by atoms with van der Waals surface area (Å²) in [5.41, 5.74) is -0.457. The van der Waals surface area contributed by atoms with E-state index in [0.29, 0.717) is 5.56 Å². The first-order valence-corrected chi connectivity index (χ1v) is 15.4. The quantitative estimate of drug-likeness (QED) is 0.259. The summed E-state index contributed by atoms with van der Waals surface area (Å²) in [4.78, 5) is 56.2. The van der Waals surface area contributed by atoms with Gasteiger partial charge in [-0.2, -0.15) is 0 Å². The van der Waals surface area contributed by atoms with Crippen LogP contribution in [0.4, 0.5) is 4.79 Å². The molecule has 10 nitrogen and oxygen atoms in total. The van der Waals surface area contributed by atoms with E-state index < -0.39 is 59.2 Å². The number of rotatable bonds is 12. The summed E-state index contributed by atoms with van der Waals surface area (Å²) >= 11 is 0. The van der Waals surface area contributed by atoms with Gasteiger partial charge in [0.05, 0.1) is 0 Å². The number of hydrogen-bond acceptors (Lipinski definition) is 7. The van der Waals surface area contributed by atoms with Crippen LogP contribution in [0.1, 0.15) is 92.8 Å². The Labute approximate surface area is 267 Å². The number of hydrogen-bond donors (Lipinski definition) is 3. The predicted molar refractivity (Wildman–Crippen MR) is 173 cm³/mol. The van der Waals surface area contributed by atoms with Crippen LogP contribution in [0.15, 0.2) is 54.6 Å². The van der Waals surface area contributed by atoms with Crippen LogP contribution in [0.3, 0.4) is 0 Å². The van der Waals surface area contributed by atoms with Gasteiger partial charge in [0.1, 0.15) is 35.1 Å². The van der Waals surface area contributed by atoms with Crippen LogP contribution in [0.25, 0.3) is 0 Å². The summed E-state index contributed by atoms with van der Waals surface area (Å²) in [6, 6.07) is 11.4. The van der Waals surface area contributed by atoms with Gasteiger partial charge >= 0.3 is 12.1 Å². The highest BCUT2D eigenvalue weighted by Gasteiger charge is 2.40. The number of phenolic OH excluding ortho intramolecular Hbond substituents is 1. The third kappa shape index (κ3) is 12.4. The van der Waals surface area contributed by atoms with Crippen molar-refractivity contribution in [2.45, 2.75) is 117 Å². The molecule has 0 aliphatic carbocycles. The molecule has 0 fully saturated rings. The molecule has 0 saturated carbocycles. The van der Waals surface area contributed by atoms with Crippen LogP contribution in [0.5, 0.6) is 5.75 Å². The first-order valence-electron chi connectivity index (χ1n) is 15.4. The van der Waals surface area contributed by atoms with Gasteiger partial charge in [0.2, 0.25) is 11.8 Å². The number of nitrogens with zero attached hydrogens (tertiary/aromatic N) is 1. The SMILES string of the molecule is CC(C)CC(NC(=O)OC(C)(C)C)C(=O)N(C(C)C)C(C(=O)NC(Cc1ccccc1)C(=O)OC(C)(C)C)c1cccc(O)c1. The van der Waals surface area contributed by atoms with Gasteiger partial charge in [0.15, 0.2) is 0 Å². The second-order valence-electron chi connectivity index (χ2n) is 13.9. The van der Waals surface area contributed by atoms with Crippen LogP contribution < -0.4 is 10.6 Å². The molecule has 248 valence electrons. The number of aromatic hydroxyl groups is 1. The highest BCUT2D eigenvalue weighted by atomic mass is 16.6. The van der Waals surface area contributed by atoms with E-state index in [0.717, 1.165) is 5.56 Å². The Bertz CT molecular complexity index is 1300. The van der Waals surface area contributed by atoms with Gasteiger partial charge in [0.25, 0.3) is 0 Å². The zero-order valence-corrected chi connectivity index (χ0v) is 28.3. The molecule has 3 amide bonds. The molecule has 3 atom stereocenters. The average Bonchev–Trinajstić information content (AvgIpc) is 2.88. The van der Waals surface area contributed by atoms with Gasteiger partial charge in [-0.1, -0.05) is 56.3 Å². The number of amides is 3. The largest absolute Gasteiger partial charge is 0.508 e. The van der Waals surface area contributed by atoms with Gasteiger partial charge in [0, 0.05) is 12.5 Å². The topological polar surface area (TPSA) is 134 Å². The van der Waals surface area contributed by atoms with Gasteiger partial charge in [-0.15, -0.1) is 0 Å². The van der Waals surface area contributed by atoms with Gasteiger partial charge < -0.3 is 30.1 Å². The molecule has 3 unspecified atom stereocenters. The summed E-state index contributed by atoms with van der Waals surface area (Å²) in [6.45, 7) is 17.8. The maximum Gasteiger partial charge on any atom is 0.408 e. The Balaban J connectivity index is 2.59. The fourth-order valence-electron chi connectivity index (χ4n) is 4.80. The molecule has 0 aliphatic heterocycles. The first kappa shape index (κ1) is 37.1. The van der Waals surface area contributed by atoms with E-state index in [1.54, 1.807) is 67.5 Å². The summed E-state index contributed by atoms with van der Waals surface area (Å²) in [5.74, 6) is -1.86. The van der Waals surface area contributed by atoms with Crippen LogP contribution in [-0.4, -0.2) is 63.2 Å². The fraction of sp³-hybridized carbons (Fsp3) is 0.543. The molecular weight excluding hydrogens is 574 g/mol. The summed E-state index contributed by atoms with van der Waals surface area (Å²) in [5, 5.41) is 15.9. The number of benzene rings is 2. The van der Waals surface area contributed by atoms with E-state index in [1.807, 2.05) is 44.2 Å². The monoisotopic (exact) mass is 625 g/mol. The van der Waals surface area contributed by atoms with E-state index in [9.17, 15) is 24.3 Å². The number of carbonyl (C=O) groups excluding carboxylic acids is 4. The lowest BCUT2D eigenvalue weighted by Crippen LogP contribution is -2.57. The number of esters is 1. The molecule has 2 aromatic rings. The molecule has 2 rings (SSSR count). The van der Waals surface area contributed by atoms with Crippen molar-refractivity contribution in [2.75, 3.05) is 0 Å². The van der Waals surface area contributed by atoms with Crippen LogP contribution in [0, 0.1) is 5.92 Å². The minimum Gasteiger partial charge on any atom is -0.508 e. The predicted octanol–water partition coefficient (Wildman–Crippen LogP) is 5.68. The minimum absolute atomic E-state index is 0.0124. The lowest BCUT2D eigenvalue weighted by atomic mass is 9.97. The van der Waals surface area contributed by atoms with E-state index >= 15 is 0 Å². The third-order valence-electron chi connectivity index (χ3n) is 6.51. The van der Waals surface area contributed by atoms with E-state index in [2.05, 4.69) is 10.6 Å². The molecule has 0 radical (unpaired) electrons. The lowest BCUT2D eigenvalue weighted by Gasteiger charge is -2.38. The van der Waals surface area contributed by atoms with Crippen LogP contribution in [0.2, 0.25) is 0 Å². The third-order valence-corrected chi connectivity index (χ3v) is 6.51. The fourth-order valence-corrected chi connectivity index (χ4v) is 4.80. The maximum atomic E-state index is 14.3. The molecule has 0 aliphatic rings. The zero-order valence-electron chi connectivity index (χ0n) is 28.3. The van der Waals surface area contributed by atoms with Gasteiger partial charge in [-0.05, 0) is 91.0 Å². The smallest absolute Gasteiger partial charge is 0.408 e. The Morgan fingerprint density at radius 1 is 0.800 bits per heavy atom. The van der Waals surface area contributed by atoms with Crippen molar-refractivity contribution in [2.24, 2.45) is 5.92 Å². The first-order chi connectivity index (χ1) is 20.8. The van der Waals surface area contributed by atoms with Crippen molar-refractivity contribution in [3.8, 4) is 5.75 Å². The second kappa shape index (κ2) is 15.8. The zero-order chi connectivity index (χ0) is 34.1. The summed E-state index contributed by atoms with van der Waals surface area (Å²) < 4.78 is 11.1. The van der Waals surface area contributed by atoms with Crippen molar-refractivity contribution in [1.82, 2.24) is 15.5 Å². The average molecular weight is 626 g/mol. The molecule has 0 heterocycles. The van der Waals surface area contributed by atoms with Crippen LogP contribution in [-0.2, 0) is 30.3 Å². The maximum absolute atomic E-state index is 14.3. The Morgan fingerprint density at radius 2 is 1.40 bits per heavy atom. The highest BCUT2D eigenvalue weighted by molar-refractivity contribution is 5.94. The summed E-state index contributed by atoms with van der Waals surface area (Å²) in [7, 11) is 0. The van der Waals surface area contributed by atoms with Crippen molar-refractivity contribution in [3.05, 3.63) is 65.7 Å². The van der Waals surface area contributed by atoms with E-state index in [1.165, 1.54) is 17.0 Å². The minimum atomic E-state index is -1.26.